The fourth-order valence-corrected chi connectivity index (χ4v) is 5.68. The largest absolute Gasteiger partial charge is 0.394 e. The molecule has 3 atom stereocenters. The van der Waals surface area contributed by atoms with Crippen molar-refractivity contribution in [1.82, 2.24) is 14.4 Å². The van der Waals surface area contributed by atoms with Crippen LogP contribution < -0.4 is 0 Å². The molecule has 0 spiro atoms. The van der Waals surface area contributed by atoms with Crippen LogP contribution >= 0.6 is 0 Å². The SMILES string of the molecule is C[C@@H]1CN([C@@H](C)CO)C(=O)c2c(c3ccccc3n2C)-c2ccccc2CO[C@@H]1CN(C)C(=O)c1ccccc1. The summed E-state index contributed by atoms with van der Waals surface area (Å²) in [6.45, 7) is 4.82. The first kappa shape index (κ1) is 27.6. The van der Waals surface area contributed by atoms with Crippen molar-refractivity contribution in [1.29, 1.82) is 0 Å². The van der Waals surface area contributed by atoms with Gasteiger partial charge in [0, 0.05) is 55.1 Å². The first-order chi connectivity index (χ1) is 19.3. The van der Waals surface area contributed by atoms with Crippen LogP contribution in [0.3, 0.4) is 0 Å². The number of aromatic nitrogens is 1. The Balaban J connectivity index is 1.60. The molecule has 2 amide bonds. The maximum atomic E-state index is 14.4. The van der Waals surface area contributed by atoms with Gasteiger partial charge < -0.3 is 24.2 Å². The Hall–Kier alpha value is -3.94. The highest BCUT2D eigenvalue weighted by Gasteiger charge is 2.34. The standard InChI is InChI=1S/C33H37N3O4/c1-22-18-36(23(2)20-37)33(39)31-30(27-16-10-11-17-28(27)35(31)4)26-15-9-8-14-25(26)21-40-29(22)19-34(3)32(38)24-12-6-5-7-13-24/h5-17,22-23,29,37H,18-21H2,1-4H3/t22-,23+,29-/m1/s1. The second-order valence-corrected chi connectivity index (χ2v) is 10.8. The topological polar surface area (TPSA) is 75.0 Å². The second-order valence-electron chi connectivity index (χ2n) is 10.8. The normalized spacial score (nSPS) is 18.5. The molecule has 1 aliphatic rings. The number of aliphatic hydroxyl groups excluding tert-OH is 1. The van der Waals surface area contributed by atoms with E-state index < -0.39 is 6.04 Å². The number of hydrogen-bond acceptors (Lipinski definition) is 4. The molecule has 4 aromatic rings. The number of likely N-dealkylation sites (N-methyl/N-ethyl adjacent to an activating group) is 1. The molecule has 1 N–H and O–H groups in total. The number of rotatable bonds is 5. The van der Waals surface area contributed by atoms with Crippen molar-refractivity contribution in [2.75, 3.05) is 26.7 Å². The van der Waals surface area contributed by atoms with E-state index in [1.807, 2.05) is 104 Å². The lowest BCUT2D eigenvalue weighted by Crippen LogP contribution is -2.48. The van der Waals surface area contributed by atoms with E-state index in [0.717, 1.165) is 27.6 Å². The molecule has 7 heteroatoms. The van der Waals surface area contributed by atoms with Gasteiger partial charge in [-0.15, -0.1) is 0 Å². The predicted molar refractivity (Wildman–Crippen MR) is 157 cm³/mol. The summed E-state index contributed by atoms with van der Waals surface area (Å²) < 4.78 is 8.57. The van der Waals surface area contributed by atoms with Gasteiger partial charge in [-0.3, -0.25) is 9.59 Å². The summed E-state index contributed by atoms with van der Waals surface area (Å²) in [6.07, 6.45) is -0.343. The number of fused-ring (bicyclic) bond motifs is 5. The number of amides is 2. The zero-order chi connectivity index (χ0) is 28.4. The van der Waals surface area contributed by atoms with Gasteiger partial charge >= 0.3 is 0 Å². The van der Waals surface area contributed by atoms with E-state index >= 15 is 0 Å². The van der Waals surface area contributed by atoms with Crippen LogP contribution in [-0.4, -0.2) is 70.2 Å². The van der Waals surface area contributed by atoms with Crippen LogP contribution in [0.4, 0.5) is 0 Å². The zero-order valence-corrected chi connectivity index (χ0v) is 23.6. The monoisotopic (exact) mass is 539 g/mol. The highest BCUT2D eigenvalue weighted by Crippen LogP contribution is 2.38. The molecule has 0 fully saturated rings. The van der Waals surface area contributed by atoms with Crippen LogP contribution in [0.25, 0.3) is 22.0 Å². The van der Waals surface area contributed by atoms with Gasteiger partial charge in [-0.25, -0.2) is 0 Å². The second kappa shape index (κ2) is 11.7. The summed E-state index contributed by atoms with van der Waals surface area (Å²) in [7, 11) is 3.71. The van der Waals surface area contributed by atoms with Crippen molar-refractivity contribution < 1.29 is 19.4 Å². The van der Waals surface area contributed by atoms with Gasteiger partial charge in [0.1, 0.15) is 5.69 Å². The zero-order valence-electron chi connectivity index (χ0n) is 23.6. The quantitative estimate of drug-likeness (QED) is 0.388. The summed E-state index contributed by atoms with van der Waals surface area (Å²) >= 11 is 0. The lowest BCUT2D eigenvalue weighted by Gasteiger charge is -2.35. The lowest BCUT2D eigenvalue weighted by atomic mass is 9.96. The summed E-state index contributed by atoms with van der Waals surface area (Å²) in [5.41, 5.74) is 4.98. The highest BCUT2D eigenvalue weighted by atomic mass is 16.5. The number of benzene rings is 3. The molecule has 2 heterocycles. The molecule has 3 aromatic carbocycles. The van der Waals surface area contributed by atoms with Crippen molar-refractivity contribution in [3.63, 3.8) is 0 Å². The minimum atomic E-state index is -0.402. The molecule has 40 heavy (non-hydrogen) atoms. The van der Waals surface area contributed by atoms with Crippen LogP contribution in [0.5, 0.6) is 0 Å². The van der Waals surface area contributed by atoms with E-state index in [4.69, 9.17) is 4.74 Å². The first-order valence-electron chi connectivity index (χ1n) is 13.8. The molecular formula is C33H37N3O4. The number of carbonyl (C=O) groups excluding carboxylic acids is 2. The third-order valence-corrected chi connectivity index (χ3v) is 8.05. The van der Waals surface area contributed by atoms with Crippen LogP contribution in [-0.2, 0) is 18.4 Å². The molecule has 0 unspecified atom stereocenters. The van der Waals surface area contributed by atoms with E-state index in [1.165, 1.54) is 0 Å². The average molecular weight is 540 g/mol. The molecule has 0 saturated carbocycles. The first-order valence-corrected chi connectivity index (χ1v) is 13.8. The van der Waals surface area contributed by atoms with Gasteiger partial charge in [0.15, 0.2) is 0 Å². The third kappa shape index (κ3) is 5.15. The molecule has 0 bridgehead atoms. The number of aryl methyl sites for hydroxylation is 1. The van der Waals surface area contributed by atoms with E-state index in [9.17, 15) is 14.7 Å². The maximum Gasteiger partial charge on any atom is 0.271 e. The summed E-state index contributed by atoms with van der Waals surface area (Å²) in [4.78, 5) is 31.0. The van der Waals surface area contributed by atoms with E-state index in [0.29, 0.717) is 31.0 Å². The number of ether oxygens (including phenoxy) is 1. The fraction of sp³-hybridized carbons (Fsp3) is 0.333. The van der Waals surface area contributed by atoms with Crippen molar-refractivity contribution in [3.8, 4) is 11.1 Å². The Kier molecular flexibility index (Phi) is 8.05. The van der Waals surface area contributed by atoms with E-state index in [1.54, 1.807) is 16.8 Å². The predicted octanol–water partition coefficient (Wildman–Crippen LogP) is 4.98. The Morgan fingerprint density at radius 3 is 2.48 bits per heavy atom. The van der Waals surface area contributed by atoms with Crippen molar-refractivity contribution in [2.45, 2.75) is 32.6 Å². The minimum absolute atomic E-state index is 0.0818. The van der Waals surface area contributed by atoms with Crippen molar-refractivity contribution in [3.05, 3.63) is 95.7 Å². The van der Waals surface area contributed by atoms with Gasteiger partial charge in [0.25, 0.3) is 11.8 Å². The molecule has 7 nitrogen and oxygen atoms in total. The molecule has 0 aliphatic carbocycles. The Morgan fingerprint density at radius 1 is 1.05 bits per heavy atom. The van der Waals surface area contributed by atoms with Crippen LogP contribution in [0.1, 0.15) is 40.3 Å². The van der Waals surface area contributed by atoms with Crippen LogP contribution in [0.15, 0.2) is 78.9 Å². The van der Waals surface area contributed by atoms with Gasteiger partial charge in [-0.1, -0.05) is 67.6 Å². The fourth-order valence-electron chi connectivity index (χ4n) is 5.68. The van der Waals surface area contributed by atoms with Crippen LogP contribution in [0.2, 0.25) is 0 Å². The number of carbonyl (C=O) groups is 2. The summed E-state index contributed by atoms with van der Waals surface area (Å²) in [5.74, 6) is -0.333. The van der Waals surface area contributed by atoms with E-state index in [-0.39, 0.29) is 30.4 Å². The van der Waals surface area contributed by atoms with Gasteiger partial charge in [0.2, 0.25) is 0 Å². The van der Waals surface area contributed by atoms with E-state index in [2.05, 4.69) is 0 Å². The van der Waals surface area contributed by atoms with Crippen LogP contribution in [0, 0.1) is 5.92 Å². The van der Waals surface area contributed by atoms with Gasteiger partial charge in [-0.05, 0) is 36.2 Å². The van der Waals surface area contributed by atoms with Gasteiger partial charge in [-0.2, -0.15) is 0 Å². The molecule has 1 aromatic heterocycles. The minimum Gasteiger partial charge on any atom is -0.394 e. The van der Waals surface area contributed by atoms with Gasteiger partial charge in [0.05, 0.1) is 25.4 Å². The molecule has 1 aliphatic heterocycles. The molecule has 0 radical (unpaired) electrons. The van der Waals surface area contributed by atoms with Crippen molar-refractivity contribution in [2.24, 2.45) is 13.0 Å². The third-order valence-electron chi connectivity index (χ3n) is 8.05. The molecule has 0 saturated heterocycles. The molecule has 5 rings (SSSR count). The number of nitrogens with zero attached hydrogens (tertiary/aromatic N) is 3. The lowest BCUT2D eigenvalue weighted by molar-refractivity contribution is -0.0210. The Morgan fingerprint density at radius 2 is 1.73 bits per heavy atom. The number of aliphatic hydroxyl groups is 1. The average Bonchev–Trinajstić information content (AvgIpc) is 3.28. The number of hydrogen-bond donors (Lipinski definition) is 1. The molecular weight excluding hydrogens is 502 g/mol. The summed E-state index contributed by atoms with van der Waals surface area (Å²) in [6, 6.07) is 24.9. The smallest absolute Gasteiger partial charge is 0.271 e. The highest BCUT2D eigenvalue weighted by molar-refractivity contribution is 6.10. The Labute approximate surface area is 235 Å². The number of para-hydroxylation sites is 1. The summed E-state index contributed by atoms with van der Waals surface area (Å²) in [5, 5.41) is 11.2. The van der Waals surface area contributed by atoms with Crippen molar-refractivity contribution >= 4 is 22.7 Å². The maximum absolute atomic E-state index is 14.4. The molecule has 208 valence electrons. The Bertz CT molecular complexity index is 1510.